The molecule has 0 spiro atoms. The van der Waals surface area contributed by atoms with E-state index in [0.717, 1.165) is 4.88 Å². The summed E-state index contributed by atoms with van der Waals surface area (Å²) in [5.41, 5.74) is 0. The minimum Gasteiger partial charge on any atom is -0.480 e. The van der Waals surface area contributed by atoms with Crippen LogP contribution in [0.5, 0.6) is 0 Å². The van der Waals surface area contributed by atoms with Gasteiger partial charge in [0.2, 0.25) is 0 Å². The van der Waals surface area contributed by atoms with Crippen molar-refractivity contribution in [3.63, 3.8) is 0 Å². The van der Waals surface area contributed by atoms with Gasteiger partial charge in [-0.2, -0.15) is 0 Å². The predicted octanol–water partition coefficient (Wildman–Crippen LogP) is 1.20. The van der Waals surface area contributed by atoms with Gasteiger partial charge >= 0.3 is 11.9 Å². The number of nitrogens with one attached hydrogen (secondary N) is 1. The van der Waals surface area contributed by atoms with Crippen LogP contribution in [0, 0.1) is 0 Å². The van der Waals surface area contributed by atoms with E-state index < -0.39 is 24.0 Å². The lowest BCUT2D eigenvalue weighted by Gasteiger charge is -2.18. The summed E-state index contributed by atoms with van der Waals surface area (Å²) in [5, 5.41) is 22.4. The summed E-state index contributed by atoms with van der Waals surface area (Å²) in [5.74, 6) is -2.05. The van der Waals surface area contributed by atoms with Gasteiger partial charge in [0, 0.05) is 11.3 Å². The summed E-state index contributed by atoms with van der Waals surface area (Å²) >= 11 is 1.46. The van der Waals surface area contributed by atoms with Gasteiger partial charge in [-0.05, 0) is 17.9 Å². The highest BCUT2D eigenvalue weighted by Crippen LogP contribution is 2.12. The van der Waals surface area contributed by atoms with Crippen molar-refractivity contribution in [3.8, 4) is 0 Å². The second-order valence-corrected chi connectivity index (χ2v) is 4.67. The summed E-state index contributed by atoms with van der Waals surface area (Å²) in [6.45, 7) is 1.70. The molecule has 3 N–H and O–H groups in total. The molecule has 0 saturated heterocycles. The summed E-state index contributed by atoms with van der Waals surface area (Å²) in [4.78, 5) is 22.8. The second kappa shape index (κ2) is 6.36. The average molecular weight is 257 g/mol. The number of hydrogen-bond donors (Lipinski definition) is 3. The fourth-order valence-corrected chi connectivity index (χ4v) is 2.21. The van der Waals surface area contributed by atoms with Gasteiger partial charge in [-0.15, -0.1) is 11.3 Å². The van der Waals surface area contributed by atoms with Crippen LogP contribution in [-0.2, 0) is 16.0 Å². The monoisotopic (exact) mass is 257 g/mol. The van der Waals surface area contributed by atoms with Crippen LogP contribution in [-0.4, -0.2) is 34.2 Å². The molecule has 0 aliphatic rings. The Morgan fingerprint density at radius 1 is 1.35 bits per heavy atom. The zero-order chi connectivity index (χ0) is 12.8. The molecule has 5 nitrogen and oxygen atoms in total. The first-order valence-electron chi connectivity index (χ1n) is 5.28. The van der Waals surface area contributed by atoms with E-state index in [9.17, 15) is 9.59 Å². The first-order valence-corrected chi connectivity index (χ1v) is 6.16. The SMILES string of the molecule is CCC(NC(Cc1cccs1)C(=O)O)C(=O)O. The third kappa shape index (κ3) is 4.16. The van der Waals surface area contributed by atoms with E-state index in [1.54, 1.807) is 6.92 Å². The topological polar surface area (TPSA) is 86.6 Å². The third-order valence-corrected chi connectivity index (χ3v) is 3.29. The maximum absolute atomic E-state index is 11.0. The number of carboxylic acid groups (broad SMARTS) is 2. The van der Waals surface area contributed by atoms with Gasteiger partial charge < -0.3 is 10.2 Å². The zero-order valence-electron chi connectivity index (χ0n) is 9.42. The standard InChI is InChI=1S/C11H15NO4S/c1-2-8(10(13)14)12-9(11(15)16)6-7-4-3-5-17-7/h3-5,8-9,12H,2,6H2,1H3,(H,13,14)(H,15,16). The largest absolute Gasteiger partial charge is 0.480 e. The third-order valence-electron chi connectivity index (χ3n) is 2.39. The van der Waals surface area contributed by atoms with E-state index in [4.69, 9.17) is 10.2 Å². The minimum atomic E-state index is -1.03. The van der Waals surface area contributed by atoms with E-state index in [0.29, 0.717) is 12.8 Å². The Kier molecular flexibility index (Phi) is 5.11. The number of thiophene rings is 1. The van der Waals surface area contributed by atoms with Gasteiger partial charge in [0.15, 0.2) is 0 Å². The number of rotatable bonds is 7. The van der Waals surface area contributed by atoms with Crippen LogP contribution < -0.4 is 5.32 Å². The summed E-state index contributed by atoms with van der Waals surface area (Å²) in [6.07, 6.45) is 0.653. The van der Waals surface area contributed by atoms with Crippen LogP contribution in [0.25, 0.3) is 0 Å². The number of carboxylic acids is 2. The number of aliphatic carboxylic acids is 2. The minimum absolute atomic E-state index is 0.302. The summed E-state index contributed by atoms with van der Waals surface area (Å²) in [6, 6.07) is 1.99. The average Bonchev–Trinajstić information content (AvgIpc) is 2.75. The molecule has 2 atom stereocenters. The van der Waals surface area contributed by atoms with E-state index in [1.165, 1.54) is 11.3 Å². The molecule has 6 heteroatoms. The highest BCUT2D eigenvalue weighted by atomic mass is 32.1. The second-order valence-electron chi connectivity index (χ2n) is 3.64. The fraction of sp³-hybridized carbons (Fsp3) is 0.455. The molecule has 0 amide bonds. The summed E-state index contributed by atoms with van der Waals surface area (Å²) < 4.78 is 0. The van der Waals surface area contributed by atoms with Gasteiger partial charge in [-0.1, -0.05) is 13.0 Å². The van der Waals surface area contributed by atoms with Crippen molar-refractivity contribution >= 4 is 23.3 Å². The van der Waals surface area contributed by atoms with Gasteiger partial charge in [-0.25, -0.2) is 0 Å². The Morgan fingerprint density at radius 3 is 2.41 bits per heavy atom. The molecule has 0 aliphatic carbocycles. The van der Waals surface area contributed by atoms with E-state index in [2.05, 4.69) is 5.32 Å². The molecular weight excluding hydrogens is 242 g/mol. The van der Waals surface area contributed by atoms with E-state index in [1.807, 2.05) is 17.5 Å². The zero-order valence-corrected chi connectivity index (χ0v) is 10.2. The van der Waals surface area contributed by atoms with Crippen molar-refractivity contribution in [1.29, 1.82) is 0 Å². The molecule has 2 unspecified atom stereocenters. The van der Waals surface area contributed by atoms with E-state index >= 15 is 0 Å². The molecule has 0 aromatic carbocycles. The smallest absolute Gasteiger partial charge is 0.321 e. The number of hydrogen-bond acceptors (Lipinski definition) is 4. The van der Waals surface area contributed by atoms with Crippen molar-refractivity contribution in [1.82, 2.24) is 5.32 Å². The molecule has 1 heterocycles. The Hall–Kier alpha value is -1.40. The van der Waals surface area contributed by atoms with E-state index in [-0.39, 0.29) is 0 Å². The Balaban J connectivity index is 2.66. The van der Waals surface area contributed by atoms with Crippen LogP contribution in [0.15, 0.2) is 17.5 Å². The molecular formula is C11H15NO4S. The predicted molar refractivity (Wildman–Crippen MR) is 64.3 cm³/mol. The van der Waals surface area contributed by atoms with Gasteiger partial charge in [0.05, 0.1) is 0 Å². The molecule has 0 radical (unpaired) electrons. The van der Waals surface area contributed by atoms with Crippen LogP contribution in [0.1, 0.15) is 18.2 Å². The van der Waals surface area contributed by atoms with Crippen molar-refractivity contribution < 1.29 is 19.8 Å². The quantitative estimate of drug-likeness (QED) is 0.683. The Bertz CT molecular complexity index is 377. The molecule has 1 aromatic rings. The van der Waals surface area contributed by atoms with Crippen molar-refractivity contribution in [3.05, 3.63) is 22.4 Å². The van der Waals surface area contributed by atoms with Gasteiger partial charge in [0.25, 0.3) is 0 Å². The van der Waals surface area contributed by atoms with Gasteiger partial charge in [-0.3, -0.25) is 14.9 Å². The molecule has 0 aliphatic heterocycles. The van der Waals surface area contributed by atoms with Crippen LogP contribution >= 0.6 is 11.3 Å². The fourth-order valence-electron chi connectivity index (χ4n) is 1.45. The number of carbonyl (C=O) groups is 2. The Labute approximate surface area is 103 Å². The molecule has 1 rings (SSSR count). The first-order chi connectivity index (χ1) is 8.04. The highest BCUT2D eigenvalue weighted by Gasteiger charge is 2.25. The molecule has 0 saturated carbocycles. The molecule has 0 fully saturated rings. The molecule has 94 valence electrons. The summed E-state index contributed by atoms with van der Waals surface area (Å²) in [7, 11) is 0. The lowest BCUT2D eigenvalue weighted by Crippen LogP contribution is -2.47. The molecule has 0 bridgehead atoms. The first kappa shape index (κ1) is 13.7. The highest BCUT2D eigenvalue weighted by molar-refractivity contribution is 7.09. The van der Waals surface area contributed by atoms with Crippen LogP contribution in [0.2, 0.25) is 0 Å². The molecule has 17 heavy (non-hydrogen) atoms. The normalized spacial score (nSPS) is 14.2. The maximum Gasteiger partial charge on any atom is 0.321 e. The lowest BCUT2D eigenvalue weighted by atomic mass is 10.1. The Morgan fingerprint density at radius 2 is 2.00 bits per heavy atom. The van der Waals surface area contributed by atoms with Crippen molar-refractivity contribution in [2.75, 3.05) is 0 Å². The molecule has 1 aromatic heterocycles. The van der Waals surface area contributed by atoms with Gasteiger partial charge in [0.1, 0.15) is 12.1 Å². The lowest BCUT2D eigenvalue weighted by molar-refractivity contribution is -0.142. The van der Waals surface area contributed by atoms with Crippen LogP contribution in [0.4, 0.5) is 0 Å². The van der Waals surface area contributed by atoms with Crippen LogP contribution in [0.3, 0.4) is 0 Å². The van der Waals surface area contributed by atoms with Crippen molar-refractivity contribution in [2.24, 2.45) is 0 Å². The van der Waals surface area contributed by atoms with Crippen molar-refractivity contribution in [2.45, 2.75) is 31.8 Å². The maximum atomic E-state index is 11.0.